The topological polar surface area (TPSA) is 92.8 Å². The van der Waals surface area contributed by atoms with Crippen molar-refractivity contribution in [3.8, 4) is 0 Å². The van der Waals surface area contributed by atoms with Crippen LogP contribution in [-0.4, -0.2) is 45.3 Å². The third kappa shape index (κ3) is 6.92. The molecule has 0 radical (unpaired) electrons. The van der Waals surface area contributed by atoms with Crippen LogP contribution >= 0.6 is 11.6 Å². The summed E-state index contributed by atoms with van der Waals surface area (Å²) < 4.78 is 30.5. The largest absolute Gasteiger partial charge is 0.452 e. The Hall–Kier alpha value is -2.68. The third-order valence-corrected chi connectivity index (χ3v) is 6.63. The average Bonchev–Trinajstić information content (AvgIpc) is 2.72. The smallest absolute Gasteiger partial charge is 0.331 e. The SMILES string of the molecule is CC(C)c1ccc(/C=C/C(=O)OCC(=O)Nc2ccc(Cl)c(S(=O)(=O)N(C)C)c2)cc1. The molecule has 2 rings (SSSR count). The number of esters is 1. The highest BCUT2D eigenvalue weighted by atomic mass is 35.5. The van der Waals surface area contributed by atoms with Crippen LogP contribution < -0.4 is 5.32 Å². The number of sulfonamides is 1. The Morgan fingerprint density at radius 1 is 1.13 bits per heavy atom. The van der Waals surface area contributed by atoms with E-state index in [1.807, 2.05) is 24.3 Å². The standard InChI is InChI=1S/C22H25ClN2O5S/c1-15(2)17-8-5-16(6-9-17)7-12-22(27)30-14-21(26)24-18-10-11-19(23)20(13-18)31(28,29)25(3)4/h5-13,15H,14H2,1-4H3,(H,24,26)/b12-7+. The van der Waals surface area contributed by atoms with Crippen molar-refractivity contribution < 1.29 is 22.7 Å². The van der Waals surface area contributed by atoms with Gasteiger partial charge in [0.15, 0.2) is 6.61 Å². The van der Waals surface area contributed by atoms with Crippen molar-refractivity contribution in [2.75, 3.05) is 26.0 Å². The molecule has 0 fully saturated rings. The Labute approximate surface area is 187 Å². The summed E-state index contributed by atoms with van der Waals surface area (Å²) in [5.41, 5.74) is 2.24. The second-order valence-corrected chi connectivity index (χ2v) is 9.77. The highest BCUT2D eigenvalue weighted by molar-refractivity contribution is 7.89. The van der Waals surface area contributed by atoms with Crippen LogP contribution in [0.1, 0.15) is 30.9 Å². The Bertz CT molecular complexity index is 1080. The van der Waals surface area contributed by atoms with Gasteiger partial charge in [-0.25, -0.2) is 17.5 Å². The molecule has 9 heteroatoms. The molecule has 1 amide bonds. The van der Waals surface area contributed by atoms with Crippen LogP contribution in [0.5, 0.6) is 0 Å². The second-order valence-electron chi connectivity index (χ2n) is 7.24. The molecule has 0 unspecified atom stereocenters. The van der Waals surface area contributed by atoms with E-state index in [1.165, 1.54) is 43.9 Å². The summed E-state index contributed by atoms with van der Waals surface area (Å²) >= 11 is 5.98. The van der Waals surface area contributed by atoms with E-state index < -0.39 is 28.5 Å². The molecule has 2 aromatic rings. The van der Waals surface area contributed by atoms with Crippen molar-refractivity contribution in [1.82, 2.24) is 4.31 Å². The van der Waals surface area contributed by atoms with E-state index >= 15 is 0 Å². The zero-order valence-corrected chi connectivity index (χ0v) is 19.3. The van der Waals surface area contributed by atoms with Gasteiger partial charge in [0.25, 0.3) is 5.91 Å². The number of benzene rings is 2. The third-order valence-electron chi connectivity index (χ3n) is 4.33. The van der Waals surface area contributed by atoms with Crippen LogP contribution in [0.3, 0.4) is 0 Å². The maximum Gasteiger partial charge on any atom is 0.331 e. The fraction of sp³-hybridized carbons (Fsp3) is 0.273. The molecule has 0 saturated heterocycles. The number of amides is 1. The zero-order chi connectivity index (χ0) is 23.2. The normalized spacial score (nSPS) is 11.8. The molecule has 0 bridgehead atoms. The molecule has 1 N–H and O–H groups in total. The molecule has 0 aliphatic carbocycles. The maximum atomic E-state index is 12.3. The molecule has 0 spiro atoms. The van der Waals surface area contributed by atoms with E-state index in [9.17, 15) is 18.0 Å². The Balaban J connectivity index is 1.94. The minimum Gasteiger partial charge on any atom is -0.452 e. The van der Waals surface area contributed by atoms with Gasteiger partial charge >= 0.3 is 5.97 Å². The molecule has 2 aromatic carbocycles. The van der Waals surface area contributed by atoms with Crippen LogP contribution in [0.2, 0.25) is 5.02 Å². The molecule has 0 aliphatic rings. The molecule has 0 saturated carbocycles. The zero-order valence-electron chi connectivity index (χ0n) is 17.8. The molecule has 166 valence electrons. The highest BCUT2D eigenvalue weighted by Crippen LogP contribution is 2.26. The Kier molecular flexibility index (Phi) is 8.38. The van der Waals surface area contributed by atoms with Crippen LogP contribution in [-0.2, 0) is 24.3 Å². The van der Waals surface area contributed by atoms with Crippen LogP contribution in [0.15, 0.2) is 53.4 Å². The number of ether oxygens (including phenoxy) is 1. The molecule has 0 atom stereocenters. The van der Waals surface area contributed by atoms with Crippen molar-refractivity contribution >= 4 is 45.3 Å². The predicted octanol–water partition coefficient (Wildman–Crippen LogP) is 3.91. The molecule has 0 aliphatic heterocycles. The van der Waals surface area contributed by atoms with Gasteiger partial charge < -0.3 is 10.1 Å². The quantitative estimate of drug-likeness (QED) is 0.472. The molecule has 7 nitrogen and oxygen atoms in total. The van der Waals surface area contributed by atoms with Crippen molar-refractivity contribution in [2.45, 2.75) is 24.7 Å². The summed E-state index contributed by atoms with van der Waals surface area (Å²) in [5, 5.41) is 2.52. The number of halogens is 1. The van der Waals surface area contributed by atoms with E-state index in [2.05, 4.69) is 19.2 Å². The van der Waals surface area contributed by atoms with Gasteiger partial charge in [-0.05, 0) is 41.3 Å². The van der Waals surface area contributed by atoms with Gasteiger partial charge in [0.05, 0.1) is 5.02 Å². The van der Waals surface area contributed by atoms with E-state index in [4.69, 9.17) is 16.3 Å². The van der Waals surface area contributed by atoms with Gasteiger partial charge in [-0.2, -0.15) is 0 Å². The Morgan fingerprint density at radius 3 is 2.35 bits per heavy atom. The van der Waals surface area contributed by atoms with E-state index in [0.29, 0.717) is 5.92 Å². The monoisotopic (exact) mass is 464 g/mol. The lowest BCUT2D eigenvalue weighted by atomic mass is 10.0. The molecular formula is C22H25ClN2O5S. The van der Waals surface area contributed by atoms with Crippen molar-refractivity contribution in [1.29, 1.82) is 0 Å². The average molecular weight is 465 g/mol. The first kappa shape index (κ1) is 24.6. The number of rotatable bonds is 8. The summed E-state index contributed by atoms with van der Waals surface area (Å²) in [5.74, 6) is -0.866. The van der Waals surface area contributed by atoms with Gasteiger partial charge in [0.1, 0.15) is 4.90 Å². The lowest BCUT2D eigenvalue weighted by Crippen LogP contribution is -2.23. The molecule has 0 aromatic heterocycles. The van der Waals surface area contributed by atoms with Crippen LogP contribution in [0, 0.1) is 0 Å². The summed E-state index contributed by atoms with van der Waals surface area (Å²) in [6, 6.07) is 11.8. The fourth-order valence-electron chi connectivity index (χ4n) is 2.51. The second kappa shape index (κ2) is 10.6. The van der Waals surface area contributed by atoms with Crippen LogP contribution in [0.25, 0.3) is 6.08 Å². The van der Waals surface area contributed by atoms with Gasteiger partial charge in [-0.15, -0.1) is 0 Å². The predicted molar refractivity (Wildman–Crippen MR) is 121 cm³/mol. The number of nitrogens with one attached hydrogen (secondary N) is 1. The number of carbonyl (C=O) groups excluding carboxylic acids is 2. The van der Waals surface area contributed by atoms with E-state index in [1.54, 1.807) is 6.08 Å². The first-order chi connectivity index (χ1) is 14.5. The highest BCUT2D eigenvalue weighted by Gasteiger charge is 2.21. The number of hydrogen-bond donors (Lipinski definition) is 1. The summed E-state index contributed by atoms with van der Waals surface area (Å²) in [6.07, 6.45) is 2.84. The van der Waals surface area contributed by atoms with Crippen molar-refractivity contribution in [3.05, 3.63) is 64.7 Å². The van der Waals surface area contributed by atoms with Crippen LogP contribution in [0.4, 0.5) is 5.69 Å². The first-order valence-corrected chi connectivity index (χ1v) is 11.3. The van der Waals surface area contributed by atoms with E-state index in [0.717, 1.165) is 9.87 Å². The summed E-state index contributed by atoms with van der Waals surface area (Å²) in [4.78, 5) is 23.8. The van der Waals surface area contributed by atoms with Gasteiger partial charge in [0.2, 0.25) is 10.0 Å². The maximum absolute atomic E-state index is 12.3. The summed E-state index contributed by atoms with van der Waals surface area (Å²) in [6.45, 7) is 3.67. The lowest BCUT2D eigenvalue weighted by molar-refractivity contribution is -0.142. The van der Waals surface area contributed by atoms with E-state index in [-0.39, 0.29) is 15.6 Å². The van der Waals surface area contributed by atoms with Gasteiger partial charge in [0, 0.05) is 25.9 Å². The number of anilines is 1. The van der Waals surface area contributed by atoms with Crippen molar-refractivity contribution in [2.24, 2.45) is 0 Å². The summed E-state index contributed by atoms with van der Waals surface area (Å²) in [7, 11) is -1.02. The number of nitrogens with zero attached hydrogens (tertiary/aromatic N) is 1. The lowest BCUT2D eigenvalue weighted by Gasteiger charge is -2.14. The molecular weight excluding hydrogens is 440 g/mol. The fourth-order valence-corrected chi connectivity index (χ4v) is 3.91. The molecule has 31 heavy (non-hydrogen) atoms. The minimum absolute atomic E-state index is 0.0321. The Morgan fingerprint density at radius 2 is 1.77 bits per heavy atom. The minimum atomic E-state index is -3.78. The number of hydrogen-bond acceptors (Lipinski definition) is 5. The number of carbonyl (C=O) groups is 2. The van der Waals surface area contributed by atoms with Crippen molar-refractivity contribution in [3.63, 3.8) is 0 Å². The van der Waals surface area contributed by atoms with Gasteiger partial charge in [-0.3, -0.25) is 4.79 Å². The first-order valence-electron chi connectivity index (χ1n) is 9.47. The van der Waals surface area contributed by atoms with Gasteiger partial charge in [-0.1, -0.05) is 49.7 Å². The molecule has 0 heterocycles.